The molecule has 0 fully saturated rings. The van der Waals surface area contributed by atoms with Gasteiger partial charge in [-0.25, -0.2) is 10.2 Å². The van der Waals surface area contributed by atoms with Crippen LogP contribution in [0.5, 0.6) is 0 Å². The second kappa shape index (κ2) is 7.31. The Kier molecular flexibility index (Phi) is 5.19. The molecule has 0 aliphatic rings. The van der Waals surface area contributed by atoms with E-state index in [4.69, 9.17) is 0 Å². The van der Waals surface area contributed by atoms with Crippen LogP contribution in [0.15, 0.2) is 42.5 Å². The van der Waals surface area contributed by atoms with Gasteiger partial charge in [-0.1, -0.05) is 30.3 Å². The number of hydrazine groups is 1. The minimum atomic E-state index is -0.502. The Labute approximate surface area is 135 Å². The van der Waals surface area contributed by atoms with E-state index in [9.17, 15) is 9.59 Å². The first-order chi connectivity index (χ1) is 11.0. The summed E-state index contributed by atoms with van der Waals surface area (Å²) < 4.78 is 0. The summed E-state index contributed by atoms with van der Waals surface area (Å²) in [6.45, 7) is 3.81. The Hall–Kier alpha value is -3.02. The van der Waals surface area contributed by atoms with Gasteiger partial charge in [-0.05, 0) is 37.1 Å². The van der Waals surface area contributed by atoms with Gasteiger partial charge in [0.2, 0.25) is 0 Å². The molecule has 0 aromatic heterocycles. The number of benzene rings is 2. The molecule has 6 nitrogen and oxygen atoms in total. The fourth-order valence-electron chi connectivity index (χ4n) is 2.24. The van der Waals surface area contributed by atoms with Gasteiger partial charge < -0.3 is 10.6 Å². The zero-order valence-electron chi connectivity index (χ0n) is 13.4. The number of urea groups is 1. The second-order valence-corrected chi connectivity index (χ2v) is 5.10. The van der Waals surface area contributed by atoms with E-state index < -0.39 is 11.9 Å². The molecule has 0 aliphatic heterocycles. The standard InChI is InChI=1S/C17H20N4O2/c1-11-7-6-8-12(2)15(11)19-17(23)21-20-16(22)13-9-4-5-10-14(13)18-3/h4-10,18H,1-3H3,(H,20,22)(H2,19,21,23). The molecule has 4 N–H and O–H groups in total. The largest absolute Gasteiger partial charge is 0.387 e. The predicted molar refractivity (Wildman–Crippen MR) is 91.5 cm³/mol. The molecule has 2 aromatic carbocycles. The summed E-state index contributed by atoms with van der Waals surface area (Å²) in [4.78, 5) is 24.1. The summed E-state index contributed by atoms with van der Waals surface area (Å²) in [6.07, 6.45) is 0. The Morgan fingerprint density at radius 2 is 1.52 bits per heavy atom. The first-order valence-corrected chi connectivity index (χ1v) is 7.23. The highest BCUT2D eigenvalue weighted by atomic mass is 16.2. The lowest BCUT2D eigenvalue weighted by Crippen LogP contribution is -2.44. The molecule has 0 radical (unpaired) electrons. The van der Waals surface area contributed by atoms with Gasteiger partial charge in [0.05, 0.1) is 5.56 Å². The highest BCUT2D eigenvalue weighted by Crippen LogP contribution is 2.19. The number of hydrogen-bond donors (Lipinski definition) is 4. The molecule has 6 heteroatoms. The maximum Gasteiger partial charge on any atom is 0.337 e. The van der Waals surface area contributed by atoms with Crippen LogP contribution < -0.4 is 21.5 Å². The topological polar surface area (TPSA) is 82.3 Å². The Bertz CT molecular complexity index is 708. The monoisotopic (exact) mass is 312 g/mol. The van der Waals surface area contributed by atoms with E-state index >= 15 is 0 Å². The number of aryl methyl sites for hydroxylation is 2. The van der Waals surface area contributed by atoms with E-state index in [1.807, 2.05) is 38.1 Å². The van der Waals surface area contributed by atoms with Gasteiger partial charge in [-0.2, -0.15) is 0 Å². The third-order valence-corrected chi connectivity index (χ3v) is 3.45. The zero-order chi connectivity index (χ0) is 16.8. The summed E-state index contributed by atoms with van der Waals surface area (Å²) in [5.74, 6) is -0.397. The molecular formula is C17H20N4O2. The second-order valence-electron chi connectivity index (χ2n) is 5.10. The van der Waals surface area contributed by atoms with Gasteiger partial charge in [0, 0.05) is 18.4 Å². The summed E-state index contributed by atoms with van der Waals surface area (Å²) in [5, 5.41) is 5.66. The summed E-state index contributed by atoms with van der Waals surface area (Å²) in [6, 6.07) is 12.3. The summed E-state index contributed by atoms with van der Waals surface area (Å²) >= 11 is 0. The lowest BCUT2D eigenvalue weighted by Gasteiger charge is -2.13. The fourth-order valence-corrected chi connectivity index (χ4v) is 2.24. The van der Waals surface area contributed by atoms with Crippen molar-refractivity contribution in [3.63, 3.8) is 0 Å². The maximum atomic E-state index is 12.1. The lowest BCUT2D eigenvalue weighted by molar-refractivity contribution is 0.0938. The molecule has 0 spiro atoms. The van der Waals surface area contributed by atoms with Crippen molar-refractivity contribution in [2.75, 3.05) is 17.7 Å². The molecule has 2 rings (SSSR count). The molecule has 0 aliphatic carbocycles. The maximum absolute atomic E-state index is 12.1. The van der Waals surface area contributed by atoms with Crippen LogP contribution in [0.4, 0.5) is 16.2 Å². The van der Waals surface area contributed by atoms with Crippen LogP contribution >= 0.6 is 0 Å². The minimum absolute atomic E-state index is 0.397. The number of hydrogen-bond acceptors (Lipinski definition) is 3. The number of rotatable bonds is 3. The summed E-state index contributed by atoms with van der Waals surface area (Å²) in [5.41, 5.74) is 8.51. The van der Waals surface area contributed by atoms with Gasteiger partial charge in [0.1, 0.15) is 0 Å². The molecule has 0 bridgehead atoms. The van der Waals surface area contributed by atoms with Crippen molar-refractivity contribution in [3.8, 4) is 0 Å². The molecular weight excluding hydrogens is 292 g/mol. The molecule has 0 saturated carbocycles. The first-order valence-electron chi connectivity index (χ1n) is 7.23. The van der Waals surface area contributed by atoms with Crippen molar-refractivity contribution in [1.82, 2.24) is 10.9 Å². The normalized spacial score (nSPS) is 9.87. The van der Waals surface area contributed by atoms with E-state index in [1.54, 1.807) is 25.2 Å². The van der Waals surface area contributed by atoms with Crippen molar-refractivity contribution >= 4 is 23.3 Å². The smallest absolute Gasteiger partial charge is 0.337 e. The van der Waals surface area contributed by atoms with Crippen LogP contribution in [0, 0.1) is 13.8 Å². The third kappa shape index (κ3) is 4.00. The van der Waals surface area contributed by atoms with Crippen LogP contribution in [0.3, 0.4) is 0 Å². The quantitative estimate of drug-likeness (QED) is 0.658. The molecule has 3 amide bonds. The summed E-state index contributed by atoms with van der Waals surface area (Å²) in [7, 11) is 1.73. The van der Waals surface area contributed by atoms with E-state index in [-0.39, 0.29) is 0 Å². The van der Waals surface area contributed by atoms with E-state index in [0.717, 1.165) is 16.8 Å². The van der Waals surface area contributed by atoms with Crippen LogP contribution in [0.1, 0.15) is 21.5 Å². The number of para-hydroxylation sites is 2. The van der Waals surface area contributed by atoms with E-state index in [0.29, 0.717) is 11.3 Å². The lowest BCUT2D eigenvalue weighted by atomic mass is 10.1. The molecule has 0 unspecified atom stereocenters. The predicted octanol–water partition coefficient (Wildman–Crippen LogP) is 2.81. The van der Waals surface area contributed by atoms with Crippen LogP contribution in [0.25, 0.3) is 0 Å². The third-order valence-electron chi connectivity index (χ3n) is 3.45. The van der Waals surface area contributed by atoms with Crippen molar-refractivity contribution in [2.45, 2.75) is 13.8 Å². The fraction of sp³-hybridized carbons (Fsp3) is 0.176. The molecule has 120 valence electrons. The zero-order valence-corrected chi connectivity index (χ0v) is 13.4. The van der Waals surface area contributed by atoms with Crippen molar-refractivity contribution in [3.05, 3.63) is 59.2 Å². The number of carbonyl (C=O) groups is 2. The molecule has 23 heavy (non-hydrogen) atoms. The average molecular weight is 312 g/mol. The van der Waals surface area contributed by atoms with Gasteiger partial charge in [0.25, 0.3) is 5.91 Å². The van der Waals surface area contributed by atoms with Gasteiger partial charge >= 0.3 is 6.03 Å². The number of anilines is 2. The Balaban J connectivity index is 1.98. The molecule has 0 saturated heterocycles. The SMILES string of the molecule is CNc1ccccc1C(=O)NNC(=O)Nc1c(C)cccc1C. The van der Waals surface area contributed by atoms with Crippen molar-refractivity contribution in [2.24, 2.45) is 0 Å². The molecule has 0 heterocycles. The van der Waals surface area contributed by atoms with Crippen LogP contribution in [-0.4, -0.2) is 19.0 Å². The van der Waals surface area contributed by atoms with Crippen molar-refractivity contribution in [1.29, 1.82) is 0 Å². The molecule has 0 atom stereocenters. The number of nitrogens with one attached hydrogen (secondary N) is 4. The molecule has 2 aromatic rings. The van der Waals surface area contributed by atoms with Gasteiger partial charge in [0.15, 0.2) is 0 Å². The van der Waals surface area contributed by atoms with Crippen LogP contribution in [-0.2, 0) is 0 Å². The average Bonchev–Trinajstić information content (AvgIpc) is 2.56. The highest BCUT2D eigenvalue weighted by Gasteiger charge is 2.12. The minimum Gasteiger partial charge on any atom is -0.387 e. The van der Waals surface area contributed by atoms with Gasteiger partial charge in [-0.3, -0.25) is 10.2 Å². The Morgan fingerprint density at radius 3 is 2.17 bits per heavy atom. The van der Waals surface area contributed by atoms with Crippen molar-refractivity contribution < 1.29 is 9.59 Å². The Morgan fingerprint density at radius 1 is 0.870 bits per heavy atom. The highest BCUT2D eigenvalue weighted by molar-refractivity contribution is 6.01. The van der Waals surface area contributed by atoms with Gasteiger partial charge in [-0.15, -0.1) is 0 Å². The van der Waals surface area contributed by atoms with E-state index in [1.165, 1.54) is 0 Å². The number of amides is 3. The first kappa shape index (κ1) is 16.4. The van der Waals surface area contributed by atoms with Crippen LogP contribution in [0.2, 0.25) is 0 Å². The van der Waals surface area contributed by atoms with E-state index in [2.05, 4.69) is 21.5 Å². The number of carbonyl (C=O) groups excluding carboxylic acids is 2.